The number of guanidine groups is 1. The van der Waals surface area contributed by atoms with Crippen LogP contribution in [0.4, 0.5) is 0 Å². The standard InChI is InChI=1S/C19H31N5/c1-6-21-19(22-11-12-24(15(2)3)16(4)5)23-14-18-9-7-17(13-20)8-10-18/h7-10,15-16H,6,11-12,14H2,1-5H3,(H2,21,22,23). The fourth-order valence-corrected chi connectivity index (χ4v) is 2.61. The number of rotatable bonds is 8. The van der Waals surface area contributed by atoms with Crippen LogP contribution in [-0.2, 0) is 6.54 Å². The lowest BCUT2D eigenvalue weighted by molar-refractivity contribution is 0.178. The zero-order chi connectivity index (χ0) is 17.9. The van der Waals surface area contributed by atoms with E-state index >= 15 is 0 Å². The van der Waals surface area contributed by atoms with E-state index in [1.165, 1.54) is 0 Å². The van der Waals surface area contributed by atoms with Gasteiger partial charge in [-0.2, -0.15) is 5.26 Å². The maximum atomic E-state index is 8.83. The number of hydrogen-bond donors (Lipinski definition) is 2. The Morgan fingerprint density at radius 2 is 1.75 bits per heavy atom. The van der Waals surface area contributed by atoms with E-state index in [0.717, 1.165) is 31.2 Å². The van der Waals surface area contributed by atoms with Crippen LogP contribution < -0.4 is 10.6 Å². The zero-order valence-corrected chi connectivity index (χ0v) is 15.6. The second kappa shape index (κ2) is 10.7. The first-order valence-corrected chi connectivity index (χ1v) is 8.74. The van der Waals surface area contributed by atoms with Gasteiger partial charge in [0.05, 0.1) is 18.2 Å². The molecule has 5 heteroatoms. The van der Waals surface area contributed by atoms with Crippen LogP contribution in [0.5, 0.6) is 0 Å². The van der Waals surface area contributed by atoms with E-state index in [4.69, 9.17) is 5.26 Å². The Morgan fingerprint density at radius 1 is 1.12 bits per heavy atom. The van der Waals surface area contributed by atoms with Gasteiger partial charge in [0.25, 0.3) is 0 Å². The first-order valence-electron chi connectivity index (χ1n) is 8.74. The van der Waals surface area contributed by atoms with E-state index in [1.807, 2.05) is 24.3 Å². The molecular weight excluding hydrogens is 298 g/mol. The first-order chi connectivity index (χ1) is 11.5. The van der Waals surface area contributed by atoms with Gasteiger partial charge < -0.3 is 10.6 Å². The Kier molecular flexibility index (Phi) is 8.88. The van der Waals surface area contributed by atoms with Crippen LogP contribution in [-0.4, -0.2) is 42.6 Å². The van der Waals surface area contributed by atoms with E-state index in [0.29, 0.717) is 24.2 Å². The molecule has 5 nitrogen and oxygen atoms in total. The number of nitrogens with one attached hydrogen (secondary N) is 2. The summed E-state index contributed by atoms with van der Waals surface area (Å²) in [6.45, 7) is 14.2. The maximum absolute atomic E-state index is 8.83. The summed E-state index contributed by atoms with van der Waals surface area (Å²) in [6, 6.07) is 10.7. The van der Waals surface area contributed by atoms with Crippen molar-refractivity contribution in [1.29, 1.82) is 5.26 Å². The molecule has 0 saturated heterocycles. The average Bonchev–Trinajstić information content (AvgIpc) is 2.56. The first kappa shape index (κ1) is 20.0. The third kappa shape index (κ3) is 7.01. The predicted molar refractivity (Wildman–Crippen MR) is 101 cm³/mol. The Bertz CT molecular complexity index is 532. The summed E-state index contributed by atoms with van der Waals surface area (Å²) >= 11 is 0. The smallest absolute Gasteiger partial charge is 0.191 e. The van der Waals surface area contributed by atoms with E-state index < -0.39 is 0 Å². The fourth-order valence-electron chi connectivity index (χ4n) is 2.61. The van der Waals surface area contributed by atoms with Gasteiger partial charge in [0, 0.05) is 31.7 Å². The molecule has 0 saturated carbocycles. The average molecular weight is 329 g/mol. The molecule has 0 aliphatic carbocycles. The summed E-state index contributed by atoms with van der Waals surface area (Å²) in [5, 5.41) is 15.5. The molecule has 1 rings (SSSR count). The summed E-state index contributed by atoms with van der Waals surface area (Å²) in [5.41, 5.74) is 1.77. The van der Waals surface area contributed by atoms with E-state index in [2.05, 4.69) is 61.2 Å². The highest BCUT2D eigenvalue weighted by Gasteiger charge is 2.12. The van der Waals surface area contributed by atoms with Crippen molar-refractivity contribution in [1.82, 2.24) is 15.5 Å². The molecule has 1 aromatic rings. The van der Waals surface area contributed by atoms with Gasteiger partial charge in [-0.25, -0.2) is 4.99 Å². The minimum absolute atomic E-state index is 0.532. The van der Waals surface area contributed by atoms with Gasteiger partial charge in [0.2, 0.25) is 0 Å². The van der Waals surface area contributed by atoms with Crippen LogP contribution in [0.1, 0.15) is 45.7 Å². The van der Waals surface area contributed by atoms with Gasteiger partial charge in [-0.3, -0.25) is 4.90 Å². The molecule has 0 amide bonds. The van der Waals surface area contributed by atoms with E-state index in [9.17, 15) is 0 Å². The van der Waals surface area contributed by atoms with Crippen molar-refractivity contribution in [2.45, 2.75) is 53.2 Å². The van der Waals surface area contributed by atoms with Gasteiger partial charge in [0.15, 0.2) is 5.96 Å². The Morgan fingerprint density at radius 3 is 2.25 bits per heavy atom. The summed E-state index contributed by atoms with van der Waals surface area (Å²) in [6.07, 6.45) is 0. The lowest BCUT2D eigenvalue weighted by Gasteiger charge is -2.30. The van der Waals surface area contributed by atoms with Crippen LogP contribution in [0.2, 0.25) is 0 Å². The summed E-state index contributed by atoms with van der Waals surface area (Å²) < 4.78 is 0. The van der Waals surface area contributed by atoms with Crippen LogP contribution in [0.25, 0.3) is 0 Å². The van der Waals surface area contributed by atoms with E-state index in [1.54, 1.807) is 0 Å². The van der Waals surface area contributed by atoms with E-state index in [-0.39, 0.29) is 0 Å². The molecule has 0 aromatic heterocycles. The summed E-state index contributed by atoms with van der Waals surface area (Å²) in [5.74, 6) is 0.828. The monoisotopic (exact) mass is 329 g/mol. The molecule has 0 fully saturated rings. The quantitative estimate of drug-likeness (QED) is 0.568. The molecule has 0 atom stereocenters. The van der Waals surface area contributed by atoms with Gasteiger partial charge >= 0.3 is 0 Å². The lowest BCUT2D eigenvalue weighted by atomic mass is 10.1. The minimum atomic E-state index is 0.532. The largest absolute Gasteiger partial charge is 0.357 e. The maximum Gasteiger partial charge on any atom is 0.191 e. The predicted octanol–water partition coefficient (Wildman–Crippen LogP) is 2.73. The number of nitrogens with zero attached hydrogens (tertiary/aromatic N) is 3. The molecule has 24 heavy (non-hydrogen) atoms. The molecule has 0 unspecified atom stereocenters. The highest BCUT2D eigenvalue weighted by molar-refractivity contribution is 5.79. The number of benzene rings is 1. The van der Waals surface area contributed by atoms with Crippen molar-refractivity contribution in [2.24, 2.45) is 4.99 Å². The number of nitriles is 1. The second-order valence-corrected chi connectivity index (χ2v) is 6.36. The molecule has 132 valence electrons. The van der Waals surface area contributed by atoms with Crippen molar-refractivity contribution in [2.75, 3.05) is 19.6 Å². The van der Waals surface area contributed by atoms with Crippen LogP contribution in [0, 0.1) is 11.3 Å². The topological polar surface area (TPSA) is 63.5 Å². The van der Waals surface area contributed by atoms with Gasteiger partial charge in [0.1, 0.15) is 0 Å². The molecule has 1 aromatic carbocycles. The van der Waals surface area contributed by atoms with Crippen molar-refractivity contribution in [3.8, 4) is 6.07 Å². The van der Waals surface area contributed by atoms with Gasteiger partial charge in [-0.1, -0.05) is 12.1 Å². The summed E-state index contributed by atoms with van der Waals surface area (Å²) in [4.78, 5) is 7.07. The Balaban J connectivity index is 2.57. The van der Waals surface area contributed by atoms with Crippen LogP contribution >= 0.6 is 0 Å². The second-order valence-electron chi connectivity index (χ2n) is 6.36. The molecule has 0 spiro atoms. The Hall–Kier alpha value is -2.06. The highest BCUT2D eigenvalue weighted by atomic mass is 15.2. The minimum Gasteiger partial charge on any atom is -0.357 e. The molecule has 0 bridgehead atoms. The third-order valence-electron chi connectivity index (χ3n) is 3.84. The molecule has 0 aliphatic heterocycles. The van der Waals surface area contributed by atoms with Gasteiger partial charge in [-0.15, -0.1) is 0 Å². The van der Waals surface area contributed by atoms with Crippen LogP contribution in [0.15, 0.2) is 29.3 Å². The van der Waals surface area contributed by atoms with Crippen molar-refractivity contribution < 1.29 is 0 Å². The molecular formula is C19H31N5. The zero-order valence-electron chi connectivity index (χ0n) is 15.6. The normalized spacial score (nSPS) is 11.9. The molecule has 0 aliphatic rings. The number of aliphatic imine (C=N–C) groups is 1. The van der Waals surface area contributed by atoms with Crippen LogP contribution in [0.3, 0.4) is 0 Å². The fraction of sp³-hybridized carbons (Fsp3) is 0.579. The SMILES string of the molecule is CCNC(=NCc1ccc(C#N)cc1)NCCN(C(C)C)C(C)C. The number of hydrogen-bond acceptors (Lipinski definition) is 3. The van der Waals surface area contributed by atoms with Gasteiger partial charge in [-0.05, 0) is 52.3 Å². The summed E-state index contributed by atoms with van der Waals surface area (Å²) in [7, 11) is 0. The molecule has 0 radical (unpaired) electrons. The van der Waals surface area contributed by atoms with Crippen molar-refractivity contribution >= 4 is 5.96 Å². The van der Waals surface area contributed by atoms with Crippen molar-refractivity contribution in [3.63, 3.8) is 0 Å². The molecule has 0 heterocycles. The highest BCUT2D eigenvalue weighted by Crippen LogP contribution is 2.05. The lowest BCUT2D eigenvalue weighted by Crippen LogP contribution is -2.45. The van der Waals surface area contributed by atoms with Crippen molar-refractivity contribution in [3.05, 3.63) is 35.4 Å². The Labute approximate surface area is 146 Å². The molecule has 2 N–H and O–H groups in total. The third-order valence-corrected chi connectivity index (χ3v) is 3.84.